The van der Waals surface area contributed by atoms with Crippen LogP contribution in [0.1, 0.15) is 32.3 Å². The van der Waals surface area contributed by atoms with Crippen molar-refractivity contribution in [2.45, 2.75) is 32.3 Å². The number of hydrogen-bond acceptors (Lipinski definition) is 2. The summed E-state index contributed by atoms with van der Waals surface area (Å²) >= 11 is 0. The number of rotatable bonds is 8. The molecule has 0 saturated carbocycles. The van der Waals surface area contributed by atoms with Crippen LogP contribution in [-0.2, 0) is 15.1 Å². The van der Waals surface area contributed by atoms with Crippen molar-refractivity contribution in [3.8, 4) is 0 Å². The fourth-order valence-electron chi connectivity index (χ4n) is 1.76. The van der Waals surface area contributed by atoms with E-state index in [1.54, 1.807) is 0 Å². The van der Waals surface area contributed by atoms with Gasteiger partial charge in [-0.2, -0.15) is 0 Å². The zero-order valence-corrected chi connectivity index (χ0v) is 11.8. The Labute approximate surface area is 115 Å². The lowest BCUT2D eigenvalue weighted by atomic mass is 9.98. The Morgan fingerprint density at radius 2 is 2.00 bits per heavy atom. The number of ether oxygens (including phenoxy) is 1. The average Bonchev–Trinajstić information content (AvgIpc) is 2.43. The monoisotopic (exact) mass is 261 g/mol. The van der Waals surface area contributed by atoms with Crippen LogP contribution in [0.4, 0.5) is 0 Å². The molecule has 0 saturated heterocycles. The largest absolute Gasteiger partial charge is 0.371 e. The van der Waals surface area contributed by atoms with Crippen LogP contribution < -0.4 is 5.32 Å². The van der Waals surface area contributed by atoms with Gasteiger partial charge in [-0.3, -0.25) is 4.79 Å². The van der Waals surface area contributed by atoms with E-state index >= 15 is 0 Å². The zero-order chi connectivity index (χ0) is 14.1. The molecule has 0 radical (unpaired) electrons. The molecule has 0 bridgehead atoms. The average molecular weight is 261 g/mol. The van der Waals surface area contributed by atoms with E-state index < -0.39 is 0 Å². The highest BCUT2D eigenvalue weighted by Gasteiger charge is 2.20. The molecule has 1 rings (SSSR count). The van der Waals surface area contributed by atoms with Gasteiger partial charge in [0, 0.05) is 13.2 Å². The third-order valence-corrected chi connectivity index (χ3v) is 2.99. The number of amides is 1. The second kappa shape index (κ2) is 7.74. The van der Waals surface area contributed by atoms with Crippen molar-refractivity contribution in [2.75, 3.05) is 13.2 Å². The first-order valence-corrected chi connectivity index (χ1v) is 6.66. The minimum Gasteiger partial charge on any atom is -0.371 e. The van der Waals surface area contributed by atoms with E-state index in [1.807, 2.05) is 18.2 Å². The maximum Gasteiger partial charge on any atom is 0.243 e. The van der Waals surface area contributed by atoms with Gasteiger partial charge in [-0.15, -0.1) is 0 Å². The number of benzene rings is 1. The number of carbonyl (C=O) groups is 1. The van der Waals surface area contributed by atoms with Crippen LogP contribution in [0.3, 0.4) is 0 Å². The summed E-state index contributed by atoms with van der Waals surface area (Å²) in [6.45, 7) is 8.90. The maximum atomic E-state index is 10.9. The molecular weight excluding hydrogens is 238 g/mol. The summed E-state index contributed by atoms with van der Waals surface area (Å²) in [4.78, 5) is 10.9. The van der Waals surface area contributed by atoms with Crippen molar-refractivity contribution < 1.29 is 9.53 Å². The molecule has 1 aromatic rings. The summed E-state index contributed by atoms with van der Waals surface area (Å²) in [5.41, 5.74) is 0.904. The van der Waals surface area contributed by atoms with E-state index in [9.17, 15) is 4.79 Å². The number of nitrogens with one attached hydrogen (secondary N) is 1. The highest BCUT2D eigenvalue weighted by Crippen LogP contribution is 2.24. The lowest BCUT2D eigenvalue weighted by molar-refractivity contribution is -0.116. The highest BCUT2D eigenvalue weighted by molar-refractivity contribution is 5.86. The minimum absolute atomic E-state index is 0.120. The lowest BCUT2D eigenvalue weighted by Crippen LogP contribution is -2.24. The summed E-state index contributed by atoms with van der Waals surface area (Å²) in [6.07, 6.45) is 3.12. The zero-order valence-electron chi connectivity index (χ0n) is 11.8. The highest BCUT2D eigenvalue weighted by atomic mass is 16.5. The van der Waals surface area contributed by atoms with E-state index in [2.05, 4.69) is 37.9 Å². The van der Waals surface area contributed by atoms with Crippen LogP contribution in [0.25, 0.3) is 0 Å². The Hall–Kier alpha value is -1.61. The molecule has 1 amide bonds. The molecule has 0 aliphatic carbocycles. The van der Waals surface area contributed by atoms with Gasteiger partial charge in [0.1, 0.15) is 0 Å². The van der Waals surface area contributed by atoms with Gasteiger partial charge in [-0.1, -0.05) is 36.9 Å². The van der Waals surface area contributed by atoms with Gasteiger partial charge in [-0.05, 0) is 38.3 Å². The van der Waals surface area contributed by atoms with Crippen LogP contribution in [0, 0.1) is 0 Å². The SMILES string of the molecule is C=CC(=O)NCCCCOC(C)(C)c1ccccc1. The smallest absolute Gasteiger partial charge is 0.243 e. The molecule has 0 heterocycles. The van der Waals surface area contributed by atoms with Gasteiger partial charge < -0.3 is 10.1 Å². The van der Waals surface area contributed by atoms with Crippen LogP contribution in [0.2, 0.25) is 0 Å². The first-order valence-electron chi connectivity index (χ1n) is 6.66. The third-order valence-electron chi connectivity index (χ3n) is 2.99. The van der Waals surface area contributed by atoms with E-state index in [1.165, 1.54) is 11.6 Å². The molecule has 3 nitrogen and oxygen atoms in total. The van der Waals surface area contributed by atoms with Crippen molar-refractivity contribution >= 4 is 5.91 Å². The van der Waals surface area contributed by atoms with E-state index in [4.69, 9.17) is 4.74 Å². The van der Waals surface area contributed by atoms with Crippen molar-refractivity contribution in [2.24, 2.45) is 0 Å². The molecule has 0 atom stereocenters. The van der Waals surface area contributed by atoms with Gasteiger partial charge >= 0.3 is 0 Å². The Morgan fingerprint density at radius 3 is 2.63 bits per heavy atom. The molecule has 1 N–H and O–H groups in total. The van der Waals surface area contributed by atoms with Crippen molar-refractivity contribution in [3.05, 3.63) is 48.6 Å². The Balaban J connectivity index is 2.22. The predicted molar refractivity (Wildman–Crippen MR) is 77.9 cm³/mol. The maximum absolute atomic E-state index is 10.9. The second-order valence-corrected chi connectivity index (χ2v) is 4.93. The summed E-state index contributed by atoms with van der Waals surface area (Å²) in [6, 6.07) is 10.2. The third kappa shape index (κ3) is 5.71. The molecule has 0 spiro atoms. The molecule has 0 unspecified atom stereocenters. The molecular formula is C16H23NO2. The number of unbranched alkanes of at least 4 members (excludes halogenated alkanes) is 1. The Bertz CT molecular complexity index is 398. The topological polar surface area (TPSA) is 38.3 Å². The summed E-state index contributed by atoms with van der Waals surface area (Å²) in [5.74, 6) is -0.120. The molecule has 0 aliphatic rings. The first-order chi connectivity index (χ1) is 9.06. The molecule has 0 fully saturated rings. The molecule has 3 heteroatoms. The van der Waals surface area contributed by atoms with Crippen LogP contribution in [-0.4, -0.2) is 19.1 Å². The lowest BCUT2D eigenvalue weighted by Gasteiger charge is -2.26. The van der Waals surface area contributed by atoms with E-state index in [0.29, 0.717) is 13.2 Å². The van der Waals surface area contributed by atoms with Gasteiger partial charge in [0.2, 0.25) is 5.91 Å². The number of hydrogen-bond donors (Lipinski definition) is 1. The van der Waals surface area contributed by atoms with Crippen LogP contribution in [0.5, 0.6) is 0 Å². The van der Waals surface area contributed by atoms with Crippen LogP contribution >= 0.6 is 0 Å². The quantitative estimate of drug-likeness (QED) is 0.577. The van der Waals surface area contributed by atoms with Crippen LogP contribution in [0.15, 0.2) is 43.0 Å². The van der Waals surface area contributed by atoms with Gasteiger partial charge in [0.15, 0.2) is 0 Å². The van der Waals surface area contributed by atoms with Crippen molar-refractivity contribution in [1.29, 1.82) is 0 Å². The number of carbonyl (C=O) groups excluding carboxylic acids is 1. The van der Waals surface area contributed by atoms with Crippen molar-refractivity contribution in [3.63, 3.8) is 0 Å². The molecule has 104 valence electrons. The van der Waals surface area contributed by atoms with Crippen molar-refractivity contribution in [1.82, 2.24) is 5.32 Å². The standard InChI is InChI=1S/C16H23NO2/c1-4-15(18)17-12-8-9-13-19-16(2,3)14-10-6-5-7-11-14/h4-7,10-11H,1,8-9,12-13H2,2-3H3,(H,17,18). The summed E-state index contributed by atoms with van der Waals surface area (Å²) in [7, 11) is 0. The second-order valence-electron chi connectivity index (χ2n) is 4.93. The molecule has 0 aromatic heterocycles. The molecule has 1 aromatic carbocycles. The molecule has 19 heavy (non-hydrogen) atoms. The Morgan fingerprint density at radius 1 is 1.32 bits per heavy atom. The fraction of sp³-hybridized carbons (Fsp3) is 0.438. The van der Waals surface area contributed by atoms with Gasteiger partial charge in [-0.25, -0.2) is 0 Å². The van der Waals surface area contributed by atoms with E-state index in [0.717, 1.165) is 12.8 Å². The van der Waals surface area contributed by atoms with E-state index in [-0.39, 0.29) is 11.5 Å². The predicted octanol–water partition coefficient (Wildman–Crippen LogP) is 3.02. The fourth-order valence-corrected chi connectivity index (χ4v) is 1.76. The van der Waals surface area contributed by atoms with Gasteiger partial charge in [0.25, 0.3) is 0 Å². The normalized spacial score (nSPS) is 11.1. The first kappa shape index (κ1) is 15.4. The molecule has 0 aliphatic heterocycles. The minimum atomic E-state index is -0.272. The summed E-state index contributed by atoms with van der Waals surface area (Å²) < 4.78 is 5.92. The Kier molecular flexibility index (Phi) is 6.30. The van der Waals surface area contributed by atoms with Gasteiger partial charge in [0.05, 0.1) is 5.60 Å². The summed E-state index contributed by atoms with van der Waals surface area (Å²) in [5, 5.41) is 2.75.